The Kier molecular flexibility index (Phi) is 5.50. The molecule has 31 heavy (non-hydrogen) atoms. The van der Waals surface area contributed by atoms with Gasteiger partial charge in [0.25, 0.3) is 5.91 Å². The van der Waals surface area contributed by atoms with Gasteiger partial charge in [0.1, 0.15) is 15.7 Å². The Morgan fingerprint density at radius 1 is 1.10 bits per heavy atom. The lowest BCUT2D eigenvalue weighted by atomic mass is 10.1. The summed E-state index contributed by atoms with van der Waals surface area (Å²) >= 11 is 1.26. The van der Waals surface area contributed by atoms with Crippen LogP contribution in [0.1, 0.15) is 19.4 Å². The third kappa shape index (κ3) is 4.17. The van der Waals surface area contributed by atoms with Crippen LogP contribution in [0.25, 0.3) is 6.08 Å². The van der Waals surface area contributed by atoms with Crippen molar-refractivity contribution >= 4 is 49.9 Å². The minimum atomic E-state index is -4.07. The Hall–Kier alpha value is -3.24. The smallest absolute Gasteiger partial charge is 0.339 e. The number of hydrogen-bond acceptors (Lipinski definition) is 7. The standard InChI is InChI=1S/C21H18N4O4S2/c1-13(2)20-24-25-18(22)16(19(26)23-21(25)30-20)12-14-8-6-7-11-17(14)29-31(27,28)15-9-4-3-5-10-15/h3-13,22H,1-2H3/b16-12-,22-18?. The number of fused-ring (bicyclic) bond motifs is 1. The van der Waals surface area contributed by atoms with Crippen molar-refractivity contribution in [1.82, 2.24) is 5.01 Å². The minimum absolute atomic E-state index is 0.00809. The zero-order valence-corrected chi connectivity index (χ0v) is 18.3. The van der Waals surface area contributed by atoms with E-state index >= 15 is 0 Å². The summed E-state index contributed by atoms with van der Waals surface area (Å²) in [5.41, 5.74) is 0.319. The first-order valence-corrected chi connectivity index (χ1v) is 11.6. The highest BCUT2D eigenvalue weighted by atomic mass is 32.2. The number of amidine groups is 2. The van der Waals surface area contributed by atoms with E-state index in [9.17, 15) is 13.2 Å². The molecule has 0 unspecified atom stereocenters. The lowest BCUT2D eigenvalue weighted by molar-refractivity contribution is -0.114. The van der Waals surface area contributed by atoms with Crippen LogP contribution in [-0.2, 0) is 14.9 Å². The first kappa shape index (κ1) is 21.0. The topological polar surface area (TPSA) is 112 Å². The average Bonchev–Trinajstić information content (AvgIpc) is 3.17. The fraction of sp³-hybridized carbons (Fsp3) is 0.143. The second kappa shape index (κ2) is 8.12. The van der Waals surface area contributed by atoms with E-state index in [1.54, 1.807) is 36.4 Å². The summed E-state index contributed by atoms with van der Waals surface area (Å²) in [7, 11) is -4.07. The molecule has 0 aliphatic carbocycles. The molecule has 2 aromatic rings. The molecule has 2 heterocycles. The van der Waals surface area contributed by atoms with E-state index in [1.165, 1.54) is 41.0 Å². The fourth-order valence-corrected chi connectivity index (χ4v) is 4.69. The molecule has 0 aromatic heterocycles. The minimum Gasteiger partial charge on any atom is -0.378 e. The van der Waals surface area contributed by atoms with Gasteiger partial charge in [0, 0.05) is 11.5 Å². The van der Waals surface area contributed by atoms with Crippen LogP contribution in [0.4, 0.5) is 0 Å². The molecule has 1 amide bonds. The maximum absolute atomic E-state index is 12.6. The summed E-state index contributed by atoms with van der Waals surface area (Å²) in [5, 5.41) is 15.2. The number of aliphatic imine (C=N–C) groups is 1. The van der Waals surface area contributed by atoms with Crippen LogP contribution < -0.4 is 4.18 Å². The van der Waals surface area contributed by atoms with Gasteiger partial charge in [-0.25, -0.2) is 0 Å². The Bertz CT molecular complexity index is 1270. The molecule has 2 aliphatic rings. The van der Waals surface area contributed by atoms with E-state index in [-0.39, 0.29) is 28.0 Å². The lowest BCUT2D eigenvalue weighted by Gasteiger charge is -2.20. The summed E-state index contributed by atoms with van der Waals surface area (Å²) < 4.78 is 30.6. The van der Waals surface area contributed by atoms with E-state index in [2.05, 4.69) is 10.1 Å². The second-order valence-electron chi connectivity index (χ2n) is 7.00. The zero-order valence-electron chi connectivity index (χ0n) is 16.6. The molecule has 158 valence electrons. The monoisotopic (exact) mass is 454 g/mol. The molecule has 8 nitrogen and oxygen atoms in total. The predicted molar refractivity (Wildman–Crippen MR) is 121 cm³/mol. The number of rotatable bonds is 5. The number of amides is 1. The first-order chi connectivity index (χ1) is 14.8. The molecule has 0 fully saturated rings. The van der Waals surface area contributed by atoms with Crippen molar-refractivity contribution in [1.29, 1.82) is 5.41 Å². The van der Waals surface area contributed by atoms with Crippen molar-refractivity contribution in [2.75, 3.05) is 0 Å². The van der Waals surface area contributed by atoms with Crippen molar-refractivity contribution in [3.05, 3.63) is 65.7 Å². The van der Waals surface area contributed by atoms with E-state index in [1.807, 2.05) is 13.8 Å². The molecule has 0 bridgehead atoms. The van der Waals surface area contributed by atoms with Crippen LogP contribution in [0.2, 0.25) is 0 Å². The third-order valence-electron chi connectivity index (χ3n) is 4.41. The number of carbonyl (C=O) groups is 1. The van der Waals surface area contributed by atoms with Crippen molar-refractivity contribution in [2.24, 2.45) is 16.0 Å². The quantitative estimate of drug-likeness (QED) is 0.544. The number of nitrogens with zero attached hydrogens (tertiary/aromatic N) is 3. The van der Waals surface area contributed by atoms with E-state index in [0.717, 1.165) is 5.04 Å². The maximum atomic E-state index is 12.6. The summed E-state index contributed by atoms with van der Waals surface area (Å²) in [5.74, 6) is -0.550. The van der Waals surface area contributed by atoms with Crippen molar-refractivity contribution in [2.45, 2.75) is 18.7 Å². The number of benzene rings is 2. The van der Waals surface area contributed by atoms with Gasteiger partial charge in [-0.3, -0.25) is 10.2 Å². The highest BCUT2D eigenvalue weighted by molar-refractivity contribution is 8.27. The van der Waals surface area contributed by atoms with Gasteiger partial charge in [0.05, 0.1) is 5.57 Å². The second-order valence-corrected chi connectivity index (χ2v) is 9.54. The molecule has 0 spiro atoms. The maximum Gasteiger partial charge on any atom is 0.339 e. The Morgan fingerprint density at radius 2 is 1.77 bits per heavy atom. The van der Waals surface area contributed by atoms with Gasteiger partial charge in [-0.2, -0.15) is 23.5 Å². The fourth-order valence-electron chi connectivity index (χ4n) is 2.82. The molecule has 2 aliphatic heterocycles. The molecule has 0 radical (unpaired) electrons. The van der Waals surface area contributed by atoms with Crippen LogP contribution in [0.15, 0.2) is 75.2 Å². The van der Waals surface area contributed by atoms with Crippen molar-refractivity contribution in [3.63, 3.8) is 0 Å². The zero-order chi connectivity index (χ0) is 22.2. The molecule has 10 heteroatoms. The first-order valence-electron chi connectivity index (χ1n) is 9.35. The highest BCUT2D eigenvalue weighted by Gasteiger charge is 2.36. The van der Waals surface area contributed by atoms with Gasteiger partial charge in [0.15, 0.2) is 5.84 Å². The summed E-state index contributed by atoms with van der Waals surface area (Å²) in [6.45, 7) is 3.93. The molecule has 2 aromatic carbocycles. The van der Waals surface area contributed by atoms with Crippen LogP contribution >= 0.6 is 11.8 Å². The number of nitrogens with one attached hydrogen (secondary N) is 1. The summed E-state index contributed by atoms with van der Waals surface area (Å²) in [4.78, 5) is 16.7. The van der Waals surface area contributed by atoms with E-state index < -0.39 is 16.0 Å². The van der Waals surface area contributed by atoms with Gasteiger partial charge >= 0.3 is 10.1 Å². The Labute approximate surface area is 184 Å². The molecule has 4 rings (SSSR count). The van der Waals surface area contributed by atoms with Crippen molar-refractivity contribution in [3.8, 4) is 5.75 Å². The van der Waals surface area contributed by atoms with Gasteiger partial charge < -0.3 is 4.18 Å². The molecular weight excluding hydrogens is 436 g/mol. The van der Waals surface area contributed by atoms with Crippen LogP contribution in [0, 0.1) is 11.3 Å². The summed E-state index contributed by atoms with van der Waals surface area (Å²) in [6, 6.07) is 14.2. The normalized spacial score (nSPS) is 17.6. The number of hydrogen-bond donors (Lipinski definition) is 1. The molecule has 0 saturated heterocycles. The predicted octanol–water partition coefficient (Wildman–Crippen LogP) is 3.73. The van der Waals surface area contributed by atoms with Crippen LogP contribution in [0.5, 0.6) is 5.75 Å². The molecule has 0 saturated carbocycles. The number of para-hydroxylation sites is 1. The van der Waals surface area contributed by atoms with Crippen LogP contribution in [-0.4, -0.2) is 35.4 Å². The largest absolute Gasteiger partial charge is 0.378 e. The van der Waals surface area contributed by atoms with E-state index in [4.69, 9.17) is 9.59 Å². The highest BCUT2D eigenvalue weighted by Crippen LogP contribution is 2.32. The number of hydrazone groups is 1. The Morgan fingerprint density at radius 3 is 2.48 bits per heavy atom. The number of carbonyl (C=O) groups excluding carboxylic acids is 1. The van der Waals surface area contributed by atoms with Crippen LogP contribution in [0.3, 0.4) is 0 Å². The Balaban J connectivity index is 1.69. The van der Waals surface area contributed by atoms with Gasteiger partial charge in [-0.1, -0.05) is 50.2 Å². The third-order valence-corrected chi connectivity index (χ3v) is 6.87. The summed E-state index contributed by atoms with van der Waals surface area (Å²) in [6.07, 6.45) is 1.40. The van der Waals surface area contributed by atoms with Gasteiger partial charge in [-0.15, -0.1) is 0 Å². The van der Waals surface area contributed by atoms with Gasteiger partial charge in [-0.05, 0) is 36.0 Å². The average molecular weight is 455 g/mol. The van der Waals surface area contributed by atoms with Gasteiger partial charge in [0.2, 0.25) is 5.17 Å². The SMILES string of the molecule is CC(C)C1=NN2C(=N)/C(=C/c3ccccc3OS(=O)(=O)c3ccccc3)C(=O)N=C2S1. The molecular formula is C21H18N4O4S2. The lowest BCUT2D eigenvalue weighted by Crippen LogP contribution is -2.35. The molecule has 0 atom stereocenters. The molecule has 1 N–H and O–H groups in total. The van der Waals surface area contributed by atoms with E-state index in [0.29, 0.717) is 10.7 Å². The van der Waals surface area contributed by atoms with Crippen molar-refractivity contribution < 1.29 is 17.4 Å². The number of thioether (sulfide) groups is 1.